The van der Waals surface area contributed by atoms with Crippen molar-refractivity contribution in [3.63, 3.8) is 0 Å². The van der Waals surface area contributed by atoms with Crippen LogP contribution in [0.1, 0.15) is 49.9 Å². The van der Waals surface area contributed by atoms with Crippen molar-refractivity contribution in [2.75, 3.05) is 0 Å². The van der Waals surface area contributed by atoms with Crippen molar-refractivity contribution in [3.05, 3.63) is 41.6 Å². The second kappa shape index (κ2) is 7.90. The highest BCUT2D eigenvalue weighted by Gasteiger charge is 2.22. The summed E-state index contributed by atoms with van der Waals surface area (Å²) in [5.74, 6) is 1.28. The first-order valence-electron chi connectivity index (χ1n) is 9.43. The molecule has 27 heavy (non-hydrogen) atoms. The van der Waals surface area contributed by atoms with Crippen LogP contribution in [0.25, 0.3) is 11.2 Å². The lowest BCUT2D eigenvalue weighted by molar-refractivity contribution is -0.122. The molecule has 7 nitrogen and oxygen atoms in total. The lowest BCUT2D eigenvalue weighted by Gasteiger charge is -2.20. The van der Waals surface area contributed by atoms with Gasteiger partial charge in [0.2, 0.25) is 5.91 Å². The quantitative estimate of drug-likeness (QED) is 0.695. The number of fused-ring (bicyclic) bond motifs is 1. The van der Waals surface area contributed by atoms with Gasteiger partial charge >= 0.3 is 0 Å². The Kier molecular flexibility index (Phi) is 5.58. The van der Waals surface area contributed by atoms with Gasteiger partial charge in [-0.05, 0) is 44.4 Å². The molecule has 1 amide bonds. The fourth-order valence-electron chi connectivity index (χ4n) is 3.43. The van der Waals surface area contributed by atoms with Crippen molar-refractivity contribution in [2.24, 2.45) is 13.0 Å². The lowest BCUT2D eigenvalue weighted by Crippen LogP contribution is -2.32. The molecule has 0 saturated heterocycles. The highest BCUT2D eigenvalue weighted by atomic mass is 16.1. The van der Waals surface area contributed by atoms with Gasteiger partial charge in [0.25, 0.3) is 0 Å². The normalized spacial score (nSPS) is 12.7. The maximum Gasteiger partial charge on any atom is 0.222 e. The van der Waals surface area contributed by atoms with E-state index in [0.717, 1.165) is 34.8 Å². The van der Waals surface area contributed by atoms with E-state index in [1.165, 1.54) is 0 Å². The van der Waals surface area contributed by atoms with E-state index in [1.54, 1.807) is 6.20 Å². The first-order chi connectivity index (χ1) is 12.8. The molecule has 0 spiro atoms. The van der Waals surface area contributed by atoms with Crippen molar-refractivity contribution >= 4 is 17.1 Å². The highest BCUT2D eigenvalue weighted by Crippen LogP contribution is 2.23. The minimum absolute atomic E-state index is 0.00761. The highest BCUT2D eigenvalue weighted by molar-refractivity contribution is 5.76. The number of hydrogen-bond acceptors (Lipinski definition) is 4. The van der Waals surface area contributed by atoms with Gasteiger partial charge in [0.15, 0.2) is 5.65 Å². The molecule has 0 aliphatic rings. The standard InChI is InChI=1S/C20H28N6O/c1-13(2)11-17(20-23-16-7-6-9-21-19(16)25(20)5)22-18(27)8-10-26-15(4)12-14(3)24-26/h6-7,9,12-13,17H,8,10-11H2,1-5H3,(H,22,27)/t17-/m1/s1. The number of hydrogen-bond donors (Lipinski definition) is 1. The van der Waals surface area contributed by atoms with Gasteiger partial charge in [-0.1, -0.05) is 13.8 Å². The molecule has 7 heteroatoms. The molecule has 1 atom stereocenters. The predicted molar refractivity (Wildman–Crippen MR) is 105 cm³/mol. The van der Waals surface area contributed by atoms with Crippen molar-refractivity contribution in [3.8, 4) is 0 Å². The Morgan fingerprint density at radius 2 is 2.07 bits per heavy atom. The number of pyridine rings is 1. The van der Waals surface area contributed by atoms with E-state index >= 15 is 0 Å². The third-order valence-corrected chi connectivity index (χ3v) is 4.67. The molecule has 0 bridgehead atoms. The summed E-state index contributed by atoms with van der Waals surface area (Å²) in [4.78, 5) is 21.8. The van der Waals surface area contributed by atoms with Crippen LogP contribution in [0.4, 0.5) is 0 Å². The molecule has 3 aromatic rings. The minimum Gasteiger partial charge on any atom is -0.346 e. The van der Waals surface area contributed by atoms with Crippen LogP contribution in [0.5, 0.6) is 0 Å². The third-order valence-electron chi connectivity index (χ3n) is 4.67. The van der Waals surface area contributed by atoms with Crippen LogP contribution in [0, 0.1) is 19.8 Å². The van der Waals surface area contributed by atoms with Crippen LogP contribution in [0.3, 0.4) is 0 Å². The van der Waals surface area contributed by atoms with Crippen LogP contribution < -0.4 is 5.32 Å². The van der Waals surface area contributed by atoms with E-state index in [4.69, 9.17) is 4.98 Å². The van der Waals surface area contributed by atoms with E-state index in [0.29, 0.717) is 18.9 Å². The Morgan fingerprint density at radius 3 is 2.70 bits per heavy atom. The summed E-state index contributed by atoms with van der Waals surface area (Å²) in [6, 6.07) is 5.70. The van der Waals surface area contributed by atoms with Crippen molar-refractivity contribution < 1.29 is 4.79 Å². The van der Waals surface area contributed by atoms with Gasteiger partial charge in [0.05, 0.1) is 11.7 Å². The Bertz CT molecular complexity index is 939. The molecule has 3 aromatic heterocycles. The van der Waals surface area contributed by atoms with E-state index in [-0.39, 0.29) is 11.9 Å². The fraction of sp³-hybridized carbons (Fsp3) is 0.500. The molecule has 3 rings (SSSR count). The van der Waals surface area contributed by atoms with Gasteiger partial charge in [-0.2, -0.15) is 5.10 Å². The molecule has 0 saturated carbocycles. The van der Waals surface area contributed by atoms with Crippen LogP contribution in [-0.2, 0) is 18.4 Å². The molecule has 0 aliphatic carbocycles. The Labute approximate surface area is 159 Å². The van der Waals surface area contributed by atoms with E-state index in [1.807, 2.05) is 48.3 Å². The average Bonchev–Trinajstić information content (AvgIpc) is 3.11. The number of nitrogens with one attached hydrogen (secondary N) is 1. The fourth-order valence-corrected chi connectivity index (χ4v) is 3.43. The second-order valence-electron chi connectivity index (χ2n) is 7.53. The maximum absolute atomic E-state index is 12.6. The van der Waals surface area contributed by atoms with Crippen LogP contribution in [0.15, 0.2) is 24.4 Å². The molecular weight excluding hydrogens is 340 g/mol. The number of carbonyl (C=O) groups is 1. The zero-order valence-electron chi connectivity index (χ0n) is 16.7. The Balaban J connectivity index is 1.75. The van der Waals surface area contributed by atoms with Gasteiger partial charge in [-0.25, -0.2) is 9.97 Å². The minimum atomic E-state index is -0.142. The van der Waals surface area contributed by atoms with Crippen molar-refractivity contribution in [2.45, 2.75) is 53.1 Å². The molecular formula is C20H28N6O. The number of nitrogens with zero attached hydrogens (tertiary/aromatic N) is 5. The predicted octanol–water partition coefficient (Wildman–Crippen LogP) is 3.08. The zero-order chi connectivity index (χ0) is 19.6. The Hall–Kier alpha value is -2.70. The number of aromatic nitrogens is 5. The largest absolute Gasteiger partial charge is 0.346 e. The molecule has 0 radical (unpaired) electrons. The zero-order valence-corrected chi connectivity index (χ0v) is 16.7. The van der Waals surface area contributed by atoms with Crippen LogP contribution >= 0.6 is 0 Å². The molecule has 1 N–H and O–H groups in total. The third kappa shape index (κ3) is 4.35. The van der Waals surface area contributed by atoms with Crippen molar-refractivity contribution in [1.82, 2.24) is 29.6 Å². The van der Waals surface area contributed by atoms with Crippen LogP contribution in [0.2, 0.25) is 0 Å². The number of amides is 1. The maximum atomic E-state index is 12.6. The topological polar surface area (TPSA) is 77.6 Å². The summed E-state index contributed by atoms with van der Waals surface area (Å²) >= 11 is 0. The first kappa shape index (κ1) is 19.1. The van der Waals surface area contributed by atoms with E-state index in [2.05, 4.69) is 29.2 Å². The molecule has 3 heterocycles. The number of carbonyl (C=O) groups excluding carboxylic acids is 1. The van der Waals surface area contributed by atoms with Crippen LogP contribution in [-0.4, -0.2) is 30.2 Å². The summed E-state index contributed by atoms with van der Waals surface area (Å²) in [6.07, 6.45) is 2.97. The second-order valence-corrected chi connectivity index (χ2v) is 7.53. The summed E-state index contributed by atoms with van der Waals surface area (Å²) in [5, 5.41) is 7.59. The van der Waals surface area contributed by atoms with Gasteiger partial charge in [0.1, 0.15) is 11.3 Å². The molecule has 0 aliphatic heterocycles. The lowest BCUT2D eigenvalue weighted by atomic mass is 10.0. The van der Waals surface area contributed by atoms with E-state index < -0.39 is 0 Å². The monoisotopic (exact) mass is 368 g/mol. The van der Waals surface area contributed by atoms with Gasteiger partial charge < -0.3 is 9.88 Å². The molecule has 0 fully saturated rings. The summed E-state index contributed by atoms with van der Waals surface area (Å²) in [7, 11) is 1.95. The summed E-state index contributed by atoms with van der Waals surface area (Å²) in [5.41, 5.74) is 3.72. The first-order valence-corrected chi connectivity index (χ1v) is 9.43. The van der Waals surface area contributed by atoms with Gasteiger partial charge in [-0.3, -0.25) is 9.48 Å². The van der Waals surface area contributed by atoms with Gasteiger partial charge in [0, 0.05) is 31.9 Å². The van der Waals surface area contributed by atoms with Crippen molar-refractivity contribution in [1.29, 1.82) is 0 Å². The molecule has 0 aromatic carbocycles. The van der Waals surface area contributed by atoms with Gasteiger partial charge in [-0.15, -0.1) is 0 Å². The molecule has 0 unspecified atom stereocenters. The average molecular weight is 368 g/mol. The molecule has 144 valence electrons. The Morgan fingerprint density at radius 1 is 1.30 bits per heavy atom. The number of aryl methyl sites for hydroxylation is 4. The van der Waals surface area contributed by atoms with E-state index in [9.17, 15) is 4.79 Å². The number of imidazole rings is 1. The summed E-state index contributed by atoms with van der Waals surface area (Å²) in [6.45, 7) is 8.84. The number of rotatable bonds is 7. The smallest absolute Gasteiger partial charge is 0.222 e. The SMILES string of the molecule is Cc1cc(C)n(CCC(=O)N[C@H](CC(C)C)c2nc3cccnc3n2C)n1. The summed E-state index contributed by atoms with van der Waals surface area (Å²) < 4.78 is 3.86.